The monoisotopic (exact) mass is 575 g/mol. The number of aliphatic imine (C=N–C) groups is 1. The van der Waals surface area contributed by atoms with Gasteiger partial charge in [-0.15, -0.1) is 35.3 Å². The molecule has 3 N–H and O–H groups in total. The minimum Gasteiger partial charge on any atom is -0.369 e. The first-order chi connectivity index (χ1) is 14.4. The van der Waals surface area contributed by atoms with Crippen LogP contribution in [0.1, 0.15) is 28.8 Å². The number of hydrogen-bond donors (Lipinski definition) is 2. The Bertz CT molecular complexity index is 890. The van der Waals surface area contributed by atoms with E-state index in [1.54, 1.807) is 18.4 Å². The highest BCUT2D eigenvalue weighted by atomic mass is 127. The number of guanidine groups is 1. The van der Waals surface area contributed by atoms with E-state index >= 15 is 0 Å². The van der Waals surface area contributed by atoms with Crippen molar-refractivity contribution in [2.75, 3.05) is 27.2 Å². The molecule has 170 valence electrons. The lowest BCUT2D eigenvalue weighted by atomic mass is 9.97. The largest absolute Gasteiger partial charge is 0.369 e. The van der Waals surface area contributed by atoms with Crippen molar-refractivity contribution in [3.63, 3.8) is 0 Å². The van der Waals surface area contributed by atoms with Crippen LogP contribution in [0.5, 0.6) is 0 Å². The quantitative estimate of drug-likeness (QED) is 0.298. The van der Waals surface area contributed by atoms with Crippen molar-refractivity contribution in [2.45, 2.75) is 32.5 Å². The maximum atomic E-state index is 11.5. The second-order valence-electron chi connectivity index (χ2n) is 7.76. The van der Waals surface area contributed by atoms with Crippen LogP contribution in [0.25, 0.3) is 0 Å². The van der Waals surface area contributed by atoms with Crippen molar-refractivity contribution in [1.82, 2.24) is 15.1 Å². The molecule has 1 aliphatic heterocycles. The first-order valence-electron chi connectivity index (χ1n) is 10.2. The molecule has 1 aromatic heterocycles. The molecule has 1 fully saturated rings. The molecular weight excluding hydrogens is 545 g/mol. The fourth-order valence-electron chi connectivity index (χ4n) is 3.84. The summed E-state index contributed by atoms with van der Waals surface area (Å²) in [5, 5.41) is 3.44. The second-order valence-corrected chi connectivity index (χ2v) is 9.56. The number of piperidine rings is 1. The minimum atomic E-state index is -0.182. The Morgan fingerprint density at radius 3 is 2.81 bits per heavy atom. The summed E-state index contributed by atoms with van der Waals surface area (Å²) < 4.78 is 0.800. The summed E-state index contributed by atoms with van der Waals surface area (Å²) in [6, 6.07) is 12.5. The third-order valence-corrected chi connectivity index (χ3v) is 6.57. The topological polar surface area (TPSA) is 74.0 Å². The number of thiophene rings is 1. The van der Waals surface area contributed by atoms with Crippen LogP contribution < -0.4 is 11.1 Å². The van der Waals surface area contributed by atoms with Crippen LogP contribution in [-0.4, -0.2) is 48.9 Å². The minimum absolute atomic E-state index is 0. The normalized spacial score (nSPS) is 17.1. The highest BCUT2D eigenvalue weighted by Gasteiger charge is 2.23. The van der Waals surface area contributed by atoms with Gasteiger partial charge in [0, 0.05) is 38.6 Å². The smallest absolute Gasteiger partial charge is 0.221 e. The van der Waals surface area contributed by atoms with Crippen molar-refractivity contribution < 1.29 is 4.79 Å². The zero-order valence-electron chi connectivity index (χ0n) is 18.0. The molecule has 0 bridgehead atoms. The molecule has 6 nitrogen and oxygen atoms in total. The molecule has 0 saturated carbocycles. The van der Waals surface area contributed by atoms with E-state index in [-0.39, 0.29) is 35.8 Å². The number of carbonyl (C=O) groups excluding carboxylic acids is 1. The number of hydrogen-bond acceptors (Lipinski definition) is 4. The van der Waals surface area contributed by atoms with Crippen LogP contribution in [-0.2, 0) is 24.4 Å². The summed E-state index contributed by atoms with van der Waals surface area (Å²) >= 11 is 7.62. The third-order valence-electron chi connectivity index (χ3n) is 5.35. The lowest BCUT2D eigenvalue weighted by molar-refractivity contribution is -0.123. The van der Waals surface area contributed by atoms with Gasteiger partial charge in [-0.3, -0.25) is 14.7 Å². The van der Waals surface area contributed by atoms with E-state index in [4.69, 9.17) is 17.3 Å². The molecule has 1 aliphatic rings. The molecule has 31 heavy (non-hydrogen) atoms. The van der Waals surface area contributed by atoms with Crippen LogP contribution in [0.3, 0.4) is 0 Å². The summed E-state index contributed by atoms with van der Waals surface area (Å²) in [5.74, 6) is 0.629. The lowest BCUT2D eigenvalue weighted by Gasteiger charge is -2.31. The van der Waals surface area contributed by atoms with Gasteiger partial charge >= 0.3 is 0 Å². The van der Waals surface area contributed by atoms with E-state index in [1.165, 1.54) is 16.0 Å². The molecule has 1 saturated heterocycles. The molecule has 1 atom stereocenters. The Morgan fingerprint density at radius 1 is 1.35 bits per heavy atom. The van der Waals surface area contributed by atoms with Gasteiger partial charge in [-0.25, -0.2) is 0 Å². The molecule has 1 aromatic carbocycles. The Balaban J connectivity index is 0.00000341. The van der Waals surface area contributed by atoms with Gasteiger partial charge in [-0.2, -0.15) is 0 Å². The van der Waals surface area contributed by atoms with E-state index in [9.17, 15) is 4.79 Å². The fourth-order valence-corrected chi connectivity index (χ4v) is 4.98. The van der Waals surface area contributed by atoms with Crippen molar-refractivity contribution in [3.05, 3.63) is 56.7 Å². The Labute approximate surface area is 210 Å². The molecule has 1 unspecified atom stereocenters. The number of amides is 1. The number of halogens is 2. The third kappa shape index (κ3) is 7.93. The summed E-state index contributed by atoms with van der Waals surface area (Å²) in [6.45, 7) is 4.05. The van der Waals surface area contributed by atoms with Crippen molar-refractivity contribution in [1.29, 1.82) is 0 Å². The predicted octanol–water partition coefficient (Wildman–Crippen LogP) is 3.92. The Kier molecular flexibility index (Phi) is 10.5. The number of primary amides is 1. The van der Waals surface area contributed by atoms with Crippen LogP contribution in [0, 0.1) is 5.92 Å². The molecule has 0 spiro atoms. The number of nitrogens with one attached hydrogen (secondary N) is 1. The first-order valence-corrected chi connectivity index (χ1v) is 11.4. The maximum absolute atomic E-state index is 11.5. The van der Waals surface area contributed by atoms with E-state index in [0.29, 0.717) is 6.54 Å². The predicted molar refractivity (Wildman–Crippen MR) is 140 cm³/mol. The van der Waals surface area contributed by atoms with E-state index in [2.05, 4.69) is 44.4 Å². The number of likely N-dealkylation sites (tertiary alicyclic amines) is 1. The van der Waals surface area contributed by atoms with Gasteiger partial charge in [-0.1, -0.05) is 35.9 Å². The highest BCUT2D eigenvalue weighted by Crippen LogP contribution is 2.22. The fraction of sp³-hybridized carbons (Fsp3) is 0.455. The van der Waals surface area contributed by atoms with Crippen LogP contribution in [0.4, 0.5) is 0 Å². The molecule has 2 aromatic rings. The van der Waals surface area contributed by atoms with E-state index < -0.39 is 0 Å². The standard InChI is InChI=1S/C22H30ClN5OS.HI/c1-25-22(27(2)15-19-8-9-20(23)30-19)26-12-16-5-3-6-17(11-16)13-28-10-4-7-18(14-28)21(24)29;/h3,5-6,8-9,11,18H,4,7,10,12-15H2,1-2H3,(H2,24,29)(H,25,26);1H. The summed E-state index contributed by atoms with van der Waals surface area (Å²) in [7, 11) is 3.81. The summed E-state index contributed by atoms with van der Waals surface area (Å²) in [4.78, 5) is 21.5. The molecule has 3 rings (SSSR count). The first kappa shape index (κ1) is 25.9. The molecule has 9 heteroatoms. The number of carbonyl (C=O) groups is 1. The summed E-state index contributed by atoms with van der Waals surface area (Å²) in [5.41, 5.74) is 7.95. The van der Waals surface area contributed by atoms with Crippen LogP contribution in [0.15, 0.2) is 41.4 Å². The zero-order valence-corrected chi connectivity index (χ0v) is 21.9. The van der Waals surface area contributed by atoms with E-state index in [1.807, 2.05) is 19.2 Å². The highest BCUT2D eigenvalue weighted by molar-refractivity contribution is 14.0. The number of nitrogens with two attached hydrogens (primary N) is 1. The molecule has 0 aliphatic carbocycles. The van der Waals surface area contributed by atoms with Gasteiger partial charge in [0.25, 0.3) is 0 Å². The van der Waals surface area contributed by atoms with Gasteiger partial charge < -0.3 is 16.0 Å². The average Bonchev–Trinajstić information content (AvgIpc) is 3.13. The van der Waals surface area contributed by atoms with Gasteiger partial charge in [0.15, 0.2) is 5.96 Å². The average molecular weight is 576 g/mol. The Hall–Kier alpha value is -1.36. The van der Waals surface area contributed by atoms with Gasteiger partial charge in [0.05, 0.1) is 16.8 Å². The summed E-state index contributed by atoms with van der Waals surface area (Å²) in [6.07, 6.45) is 1.92. The second kappa shape index (κ2) is 12.6. The lowest BCUT2D eigenvalue weighted by Crippen LogP contribution is -2.40. The van der Waals surface area contributed by atoms with Gasteiger partial charge in [-0.05, 0) is 42.6 Å². The molecule has 0 radical (unpaired) electrons. The molecule has 2 heterocycles. The maximum Gasteiger partial charge on any atom is 0.221 e. The van der Waals surface area contributed by atoms with Crippen LogP contribution >= 0.6 is 46.9 Å². The van der Waals surface area contributed by atoms with Crippen molar-refractivity contribution >= 4 is 58.8 Å². The van der Waals surface area contributed by atoms with Crippen LogP contribution in [0.2, 0.25) is 4.34 Å². The van der Waals surface area contributed by atoms with E-state index in [0.717, 1.165) is 49.3 Å². The van der Waals surface area contributed by atoms with Crippen molar-refractivity contribution in [3.8, 4) is 0 Å². The SMILES string of the molecule is CN=C(NCc1cccc(CN2CCCC(C(N)=O)C2)c1)N(C)Cc1ccc(Cl)s1.I. The number of benzene rings is 1. The number of nitrogens with zero attached hydrogens (tertiary/aromatic N) is 3. The van der Waals surface area contributed by atoms with Crippen molar-refractivity contribution in [2.24, 2.45) is 16.6 Å². The van der Waals surface area contributed by atoms with Gasteiger partial charge in [0.2, 0.25) is 5.91 Å². The number of rotatable bonds is 7. The molecular formula is C22H31ClIN5OS. The zero-order chi connectivity index (χ0) is 21.5. The van der Waals surface area contributed by atoms with Gasteiger partial charge in [0.1, 0.15) is 0 Å². The Morgan fingerprint density at radius 2 is 2.13 bits per heavy atom. The molecule has 1 amide bonds.